The molecular weight excluding hydrogens is 355 g/mol. The molecule has 0 fully saturated rings. The molecule has 0 unspecified atom stereocenters. The Labute approximate surface area is 153 Å². The van der Waals surface area contributed by atoms with Gasteiger partial charge in [0.05, 0.1) is 19.8 Å². The maximum absolute atomic E-state index is 12.9. The monoisotopic (exact) mass is 378 g/mol. The largest absolute Gasteiger partial charge is 0.481 e. The van der Waals surface area contributed by atoms with Crippen molar-refractivity contribution in [3.63, 3.8) is 0 Å². The smallest absolute Gasteiger partial charge is 0.475 e. The number of aliphatic carboxylic acids is 1. The minimum absolute atomic E-state index is 0.0450. The van der Waals surface area contributed by atoms with Crippen LogP contribution < -0.4 is 0 Å². The van der Waals surface area contributed by atoms with E-state index in [1.54, 1.807) is 0 Å². The van der Waals surface area contributed by atoms with Crippen molar-refractivity contribution < 1.29 is 28.0 Å². The van der Waals surface area contributed by atoms with E-state index in [0.717, 1.165) is 11.1 Å². The van der Waals surface area contributed by atoms with Gasteiger partial charge in [0.2, 0.25) is 0 Å². The Hall–Kier alpha value is -1.98. The van der Waals surface area contributed by atoms with E-state index in [1.165, 1.54) is 0 Å². The number of carbonyl (C=O) groups is 1. The topological polar surface area (TPSA) is 82.1 Å². The Morgan fingerprint density at radius 1 is 0.808 bits per heavy atom. The van der Waals surface area contributed by atoms with Crippen LogP contribution in [0.25, 0.3) is 0 Å². The summed E-state index contributed by atoms with van der Waals surface area (Å²) < 4.78 is 29.2. The molecule has 140 valence electrons. The molecular formula is C19H23O6P. The second-order valence-electron chi connectivity index (χ2n) is 5.65. The SMILES string of the molecule is O=C(O)CCCCOP(=O)(OCc1ccccc1)OCc1ccccc1. The lowest BCUT2D eigenvalue weighted by Gasteiger charge is -2.18. The van der Waals surface area contributed by atoms with Gasteiger partial charge < -0.3 is 5.11 Å². The maximum atomic E-state index is 12.9. The lowest BCUT2D eigenvalue weighted by atomic mass is 10.2. The first-order valence-corrected chi connectivity index (χ1v) is 9.87. The highest BCUT2D eigenvalue weighted by atomic mass is 31.2. The first-order chi connectivity index (χ1) is 12.6. The summed E-state index contributed by atoms with van der Waals surface area (Å²) in [4.78, 5) is 10.5. The van der Waals surface area contributed by atoms with Crippen molar-refractivity contribution in [2.45, 2.75) is 32.5 Å². The van der Waals surface area contributed by atoms with E-state index < -0.39 is 13.8 Å². The zero-order chi connectivity index (χ0) is 18.7. The highest BCUT2D eigenvalue weighted by Crippen LogP contribution is 2.51. The third-order valence-electron chi connectivity index (χ3n) is 3.50. The molecule has 0 amide bonds. The Morgan fingerprint density at radius 2 is 1.31 bits per heavy atom. The van der Waals surface area contributed by atoms with Gasteiger partial charge >= 0.3 is 13.8 Å². The summed E-state index contributed by atoms with van der Waals surface area (Å²) in [5.41, 5.74) is 1.70. The van der Waals surface area contributed by atoms with Gasteiger partial charge in [0.25, 0.3) is 0 Å². The molecule has 6 nitrogen and oxygen atoms in total. The average molecular weight is 378 g/mol. The minimum atomic E-state index is -3.76. The highest BCUT2D eigenvalue weighted by molar-refractivity contribution is 7.48. The molecule has 0 aliphatic heterocycles. The predicted octanol–water partition coefficient (Wildman–Crippen LogP) is 4.80. The zero-order valence-corrected chi connectivity index (χ0v) is 15.3. The molecule has 0 spiro atoms. The lowest BCUT2D eigenvalue weighted by molar-refractivity contribution is -0.137. The highest BCUT2D eigenvalue weighted by Gasteiger charge is 2.27. The normalized spacial score (nSPS) is 11.4. The van der Waals surface area contributed by atoms with E-state index in [-0.39, 0.29) is 26.2 Å². The van der Waals surface area contributed by atoms with Crippen molar-refractivity contribution in [2.75, 3.05) is 6.61 Å². The van der Waals surface area contributed by atoms with Gasteiger partial charge in [-0.2, -0.15) is 0 Å². The summed E-state index contributed by atoms with van der Waals surface area (Å²) in [6, 6.07) is 18.6. The molecule has 0 radical (unpaired) electrons. The maximum Gasteiger partial charge on any atom is 0.475 e. The molecule has 26 heavy (non-hydrogen) atoms. The Kier molecular flexibility index (Phi) is 8.51. The molecule has 1 N–H and O–H groups in total. The van der Waals surface area contributed by atoms with Crippen molar-refractivity contribution in [3.8, 4) is 0 Å². The summed E-state index contributed by atoms with van der Waals surface area (Å²) in [5, 5.41) is 8.65. The van der Waals surface area contributed by atoms with Crippen LogP contribution in [-0.2, 0) is 36.1 Å². The predicted molar refractivity (Wildman–Crippen MR) is 97.5 cm³/mol. The number of hydrogen-bond donors (Lipinski definition) is 1. The molecule has 0 aliphatic rings. The lowest BCUT2D eigenvalue weighted by Crippen LogP contribution is -2.03. The third kappa shape index (κ3) is 7.93. The summed E-state index contributed by atoms with van der Waals surface area (Å²) >= 11 is 0. The van der Waals surface area contributed by atoms with Crippen molar-refractivity contribution in [3.05, 3.63) is 71.8 Å². The fraction of sp³-hybridized carbons (Fsp3) is 0.316. The fourth-order valence-electron chi connectivity index (χ4n) is 2.12. The van der Waals surface area contributed by atoms with Gasteiger partial charge in [-0.15, -0.1) is 0 Å². The molecule has 0 bridgehead atoms. The molecule has 0 aliphatic carbocycles. The van der Waals surface area contributed by atoms with E-state index >= 15 is 0 Å². The summed E-state index contributed by atoms with van der Waals surface area (Å²) in [6.07, 6.45) is 0.940. The standard InChI is InChI=1S/C19H23O6P/c20-19(21)13-7-8-14-23-26(22,24-15-17-9-3-1-4-10-17)25-16-18-11-5-2-6-12-18/h1-6,9-12H,7-8,13-16H2,(H,20,21). The number of rotatable bonds is 12. The van der Waals surface area contributed by atoms with E-state index in [4.69, 9.17) is 18.7 Å². The zero-order valence-electron chi connectivity index (χ0n) is 14.5. The summed E-state index contributed by atoms with van der Waals surface area (Å²) in [5.74, 6) is -0.867. The van der Waals surface area contributed by atoms with E-state index in [2.05, 4.69) is 0 Å². The van der Waals surface area contributed by atoms with E-state index in [0.29, 0.717) is 12.8 Å². The quantitative estimate of drug-likeness (QED) is 0.422. The first kappa shape index (κ1) is 20.3. The Morgan fingerprint density at radius 3 is 1.77 bits per heavy atom. The number of unbranched alkanes of at least 4 members (excludes halogenated alkanes) is 1. The van der Waals surface area contributed by atoms with Crippen LogP contribution in [0.1, 0.15) is 30.4 Å². The number of carboxylic acids is 1. The second-order valence-corrected chi connectivity index (χ2v) is 7.32. The van der Waals surface area contributed by atoms with Crippen LogP contribution >= 0.6 is 7.82 Å². The van der Waals surface area contributed by atoms with Crippen molar-refractivity contribution >= 4 is 13.8 Å². The van der Waals surface area contributed by atoms with Gasteiger partial charge in [0.15, 0.2) is 0 Å². The number of phosphoric acid groups is 1. The Balaban J connectivity index is 1.90. The average Bonchev–Trinajstić information content (AvgIpc) is 2.66. The molecule has 2 rings (SSSR count). The van der Waals surface area contributed by atoms with Crippen LogP contribution in [0.4, 0.5) is 0 Å². The van der Waals surface area contributed by atoms with Crippen LogP contribution in [0.3, 0.4) is 0 Å². The van der Waals surface area contributed by atoms with Gasteiger partial charge in [-0.05, 0) is 24.0 Å². The van der Waals surface area contributed by atoms with E-state index in [1.807, 2.05) is 60.7 Å². The van der Waals surface area contributed by atoms with Crippen LogP contribution in [0.15, 0.2) is 60.7 Å². The van der Waals surface area contributed by atoms with Gasteiger partial charge in [0.1, 0.15) is 0 Å². The third-order valence-corrected chi connectivity index (χ3v) is 4.89. The Bertz CT molecular complexity index is 657. The summed E-state index contributed by atoms with van der Waals surface area (Å²) in [7, 11) is -3.76. The first-order valence-electron chi connectivity index (χ1n) is 8.41. The number of carboxylic acid groups (broad SMARTS) is 1. The fourth-order valence-corrected chi connectivity index (χ4v) is 3.31. The van der Waals surface area contributed by atoms with Crippen LogP contribution in [-0.4, -0.2) is 17.7 Å². The molecule has 0 saturated carbocycles. The minimum Gasteiger partial charge on any atom is -0.481 e. The molecule has 7 heteroatoms. The van der Waals surface area contributed by atoms with Gasteiger partial charge in [-0.25, -0.2) is 4.57 Å². The molecule has 0 saturated heterocycles. The number of phosphoric ester groups is 1. The van der Waals surface area contributed by atoms with Crippen LogP contribution in [0.5, 0.6) is 0 Å². The molecule has 0 aromatic heterocycles. The number of benzene rings is 2. The van der Waals surface area contributed by atoms with E-state index in [9.17, 15) is 9.36 Å². The second kappa shape index (κ2) is 10.9. The van der Waals surface area contributed by atoms with Gasteiger partial charge in [-0.1, -0.05) is 60.7 Å². The van der Waals surface area contributed by atoms with Crippen molar-refractivity contribution in [1.29, 1.82) is 0 Å². The molecule has 0 heterocycles. The van der Waals surface area contributed by atoms with Gasteiger partial charge in [-0.3, -0.25) is 18.4 Å². The van der Waals surface area contributed by atoms with Crippen LogP contribution in [0, 0.1) is 0 Å². The molecule has 0 atom stereocenters. The van der Waals surface area contributed by atoms with Crippen molar-refractivity contribution in [1.82, 2.24) is 0 Å². The summed E-state index contributed by atoms with van der Waals surface area (Å²) in [6.45, 7) is 0.304. The van der Waals surface area contributed by atoms with Crippen molar-refractivity contribution in [2.24, 2.45) is 0 Å². The molecule has 2 aromatic carbocycles. The number of hydrogen-bond acceptors (Lipinski definition) is 5. The molecule has 2 aromatic rings. The van der Waals surface area contributed by atoms with Gasteiger partial charge in [0, 0.05) is 6.42 Å². The van der Waals surface area contributed by atoms with Crippen LogP contribution in [0.2, 0.25) is 0 Å².